The van der Waals surface area contributed by atoms with Gasteiger partial charge in [0.25, 0.3) is 5.56 Å². The van der Waals surface area contributed by atoms with Gasteiger partial charge in [0.15, 0.2) is 11.5 Å². The van der Waals surface area contributed by atoms with E-state index in [1.165, 1.54) is 31.0 Å². The fourth-order valence-corrected chi connectivity index (χ4v) is 3.30. The van der Waals surface area contributed by atoms with E-state index < -0.39 is 35.0 Å². The number of ether oxygens (including phenoxy) is 3. The summed E-state index contributed by atoms with van der Waals surface area (Å²) < 4.78 is 17.5. The van der Waals surface area contributed by atoms with E-state index in [1.54, 1.807) is 49.4 Å². The van der Waals surface area contributed by atoms with Crippen LogP contribution < -0.4 is 60.3 Å². The molecule has 0 aliphatic carbocycles. The number of methoxy groups -OCH3 is 1. The molecule has 0 saturated carbocycles. The predicted octanol–water partition coefficient (Wildman–Crippen LogP) is 0.0798. The van der Waals surface area contributed by atoms with Crippen molar-refractivity contribution in [3.8, 4) is 23.0 Å². The number of pyridine rings is 1. The molecule has 1 aromatic heterocycles. The molecule has 0 spiro atoms. The third-order valence-electron chi connectivity index (χ3n) is 5.01. The fraction of sp³-hybridized carbons (Fsp3) is 0.240. The Hall–Kier alpha value is -3.47. The topological polar surface area (TPSA) is 131 Å². The number of para-hydroxylation sites is 2. The first-order chi connectivity index (χ1) is 16.8. The minimum atomic E-state index is -0.835. The number of esters is 1. The molecule has 0 aliphatic heterocycles. The Morgan fingerprint density at radius 1 is 1.08 bits per heavy atom. The van der Waals surface area contributed by atoms with Crippen LogP contribution in [0.5, 0.6) is 23.0 Å². The number of rotatable bonds is 9. The quantitative estimate of drug-likeness (QED) is 0.312. The van der Waals surface area contributed by atoms with Crippen LogP contribution in [-0.4, -0.2) is 30.3 Å². The van der Waals surface area contributed by atoms with Crippen molar-refractivity contribution in [2.75, 3.05) is 19.0 Å². The van der Waals surface area contributed by atoms with E-state index in [1.807, 2.05) is 6.07 Å². The van der Waals surface area contributed by atoms with Gasteiger partial charge in [-0.2, -0.15) is 0 Å². The van der Waals surface area contributed by atoms with E-state index in [9.17, 15) is 19.5 Å². The molecule has 3 aromatic rings. The zero-order valence-electron chi connectivity index (χ0n) is 20.6. The van der Waals surface area contributed by atoms with Crippen LogP contribution in [0.3, 0.4) is 0 Å². The third kappa shape index (κ3) is 7.51. The predicted molar refractivity (Wildman–Crippen MR) is 127 cm³/mol. The minimum Gasteiger partial charge on any atom is -0.871 e. The van der Waals surface area contributed by atoms with E-state index in [0.29, 0.717) is 22.8 Å². The molecule has 1 heterocycles. The Labute approximate surface area is 230 Å². The Kier molecular flexibility index (Phi) is 10.8. The molecule has 1 atom stereocenters. The van der Waals surface area contributed by atoms with Crippen molar-refractivity contribution in [3.05, 3.63) is 76.7 Å². The van der Waals surface area contributed by atoms with E-state index >= 15 is 0 Å². The number of aromatic nitrogens is 1. The molecule has 11 heteroatoms. The fourth-order valence-electron chi connectivity index (χ4n) is 3.30. The first kappa shape index (κ1) is 28.8. The van der Waals surface area contributed by atoms with Crippen LogP contribution in [0.2, 0.25) is 0 Å². The van der Waals surface area contributed by atoms with Crippen LogP contribution in [0.25, 0.3) is 0 Å². The van der Waals surface area contributed by atoms with E-state index in [-0.39, 0.29) is 42.6 Å². The van der Waals surface area contributed by atoms with Gasteiger partial charge in [0.2, 0.25) is 0 Å². The Morgan fingerprint density at radius 3 is 2.50 bits per heavy atom. The van der Waals surface area contributed by atoms with Crippen molar-refractivity contribution in [3.63, 3.8) is 0 Å². The first-order valence-corrected chi connectivity index (χ1v) is 10.8. The number of urea groups is 1. The number of carbonyl (C=O) groups excluding carboxylic acids is 2. The molecular formula is C25H26N3NaO7. The van der Waals surface area contributed by atoms with Gasteiger partial charge in [0, 0.05) is 13.2 Å². The Bertz CT molecular complexity index is 1260. The van der Waals surface area contributed by atoms with Gasteiger partial charge in [-0.1, -0.05) is 36.1 Å². The molecule has 0 radical (unpaired) electrons. The van der Waals surface area contributed by atoms with Gasteiger partial charge in [-0.25, -0.2) is 4.79 Å². The summed E-state index contributed by atoms with van der Waals surface area (Å²) in [5.41, 5.74) is -0.499. The van der Waals surface area contributed by atoms with Crippen LogP contribution >= 0.6 is 0 Å². The summed E-state index contributed by atoms with van der Waals surface area (Å²) in [6.45, 7) is 1.85. The average Bonchev–Trinajstić information content (AvgIpc) is 2.84. The largest absolute Gasteiger partial charge is 1.00 e. The van der Waals surface area contributed by atoms with Gasteiger partial charge in [0.1, 0.15) is 11.4 Å². The third-order valence-corrected chi connectivity index (χ3v) is 5.01. The molecule has 10 nitrogen and oxygen atoms in total. The summed E-state index contributed by atoms with van der Waals surface area (Å²) in [5, 5.41) is 17.0. The van der Waals surface area contributed by atoms with Crippen molar-refractivity contribution in [2.45, 2.75) is 19.4 Å². The zero-order chi connectivity index (χ0) is 25.4. The second-order valence-electron chi connectivity index (χ2n) is 7.46. The number of aryl methyl sites for hydroxylation is 1. The SMILES string of the molecule is CCOC(=O)C[C@H](NC(=O)Nc1c([O-])ccn(C)c1=O)c1cccc(Oc2ccccc2OC)c1.[Na+]. The van der Waals surface area contributed by atoms with Crippen molar-refractivity contribution < 1.29 is 58.5 Å². The number of nitrogens with one attached hydrogen (secondary N) is 2. The van der Waals surface area contributed by atoms with Crippen LogP contribution in [0, 0.1) is 0 Å². The average molecular weight is 503 g/mol. The van der Waals surface area contributed by atoms with Gasteiger partial charge in [-0.05, 0) is 36.8 Å². The van der Waals surface area contributed by atoms with Crippen LogP contribution in [0.15, 0.2) is 65.6 Å². The number of amides is 2. The van der Waals surface area contributed by atoms with Gasteiger partial charge in [0.05, 0.1) is 26.2 Å². The maximum Gasteiger partial charge on any atom is 1.00 e. The standard InChI is InChI=1S/C25H27N3O7.Na/c1-4-34-22(30)15-18(26-25(32)27-23-19(29)12-13-28(2)24(23)31)16-8-7-9-17(14-16)35-21-11-6-5-10-20(21)33-3;/h5-14,18,29H,4,15H2,1-3H3,(H2,26,27,32);/q;+1/p-1/t18-;/m0./s1. The Morgan fingerprint density at radius 2 is 1.81 bits per heavy atom. The van der Waals surface area contributed by atoms with Crippen LogP contribution in [0.1, 0.15) is 24.9 Å². The van der Waals surface area contributed by atoms with Gasteiger partial charge < -0.3 is 34.5 Å². The summed E-state index contributed by atoms with van der Waals surface area (Å²) in [4.78, 5) is 37.2. The van der Waals surface area contributed by atoms with Crippen molar-refractivity contribution in [2.24, 2.45) is 7.05 Å². The summed E-state index contributed by atoms with van der Waals surface area (Å²) in [6, 6.07) is 13.4. The normalized spacial score (nSPS) is 11.0. The number of hydrogen-bond acceptors (Lipinski definition) is 7. The van der Waals surface area contributed by atoms with Crippen molar-refractivity contribution in [1.82, 2.24) is 9.88 Å². The summed E-state index contributed by atoms with van der Waals surface area (Å²) in [6.07, 6.45) is 1.13. The molecule has 0 unspecified atom stereocenters. The van der Waals surface area contributed by atoms with Crippen molar-refractivity contribution in [1.29, 1.82) is 0 Å². The molecule has 0 aliphatic rings. The van der Waals surface area contributed by atoms with E-state index in [0.717, 1.165) is 0 Å². The van der Waals surface area contributed by atoms with Gasteiger partial charge in [-0.3, -0.25) is 9.59 Å². The minimum absolute atomic E-state index is 0. The molecule has 0 saturated heterocycles. The molecule has 2 aromatic carbocycles. The first-order valence-electron chi connectivity index (χ1n) is 10.8. The molecular weight excluding hydrogens is 477 g/mol. The number of benzene rings is 2. The maximum atomic E-state index is 12.7. The number of carbonyl (C=O) groups is 2. The van der Waals surface area contributed by atoms with Crippen LogP contribution in [-0.2, 0) is 16.6 Å². The summed E-state index contributed by atoms with van der Waals surface area (Å²) in [7, 11) is 2.99. The van der Waals surface area contributed by atoms with E-state index in [2.05, 4.69) is 10.6 Å². The second kappa shape index (κ2) is 13.6. The Balaban J connectivity index is 0.00000456. The van der Waals surface area contributed by atoms with Crippen molar-refractivity contribution >= 4 is 17.7 Å². The number of anilines is 1. The van der Waals surface area contributed by atoms with Gasteiger partial charge in [-0.15, -0.1) is 0 Å². The molecule has 3 rings (SSSR count). The molecule has 36 heavy (non-hydrogen) atoms. The zero-order valence-corrected chi connectivity index (χ0v) is 22.6. The van der Waals surface area contributed by atoms with E-state index in [4.69, 9.17) is 14.2 Å². The monoisotopic (exact) mass is 503 g/mol. The summed E-state index contributed by atoms with van der Waals surface area (Å²) in [5.74, 6) is 0.312. The number of nitrogens with zero attached hydrogens (tertiary/aromatic N) is 1. The molecule has 0 fully saturated rings. The molecule has 184 valence electrons. The van der Waals surface area contributed by atoms with Crippen LogP contribution in [0.4, 0.5) is 10.5 Å². The molecule has 0 bridgehead atoms. The molecule has 2 amide bonds. The molecule has 2 N–H and O–H groups in total. The number of hydrogen-bond donors (Lipinski definition) is 2. The maximum absolute atomic E-state index is 12.7. The second-order valence-corrected chi connectivity index (χ2v) is 7.46. The van der Waals surface area contributed by atoms with Gasteiger partial charge >= 0.3 is 41.6 Å². The smallest absolute Gasteiger partial charge is 0.871 e. The summed E-state index contributed by atoms with van der Waals surface area (Å²) >= 11 is 0.